The van der Waals surface area contributed by atoms with E-state index >= 15 is 0 Å². The molecule has 0 heterocycles. The van der Waals surface area contributed by atoms with E-state index in [0.717, 1.165) is 4.47 Å². The Hall–Kier alpha value is -1.06. The molecule has 23 heavy (non-hydrogen) atoms. The SMILES string of the molecule is CS(=O)(=O)c1ccc(Br)cc1.FC(F)(F)Oc1ccc(Br)cc1. The molecule has 0 saturated carbocycles. The summed E-state index contributed by atoms with van der Waals surface area (Å²) in [4.78, 5) is 0.348. The van der Waals surface area contributed by atoms with E-state index in [2.05, 4.69) is 36.6 Å². The average Bonchev–Trinajstić information content (AvgIpc) is 2.40. The van der Waals surface area contributed by atoms with Gasteiger partial charge in [-0.25, -0.2) is 8.42 Å². The number of alkyl halides is 3. The first-order valence-corrected chi connectivity index (χ1v) is 9.42. The van der Waals surface area contributed by atoms with Crippen molar-refractivity contribution in [3.8, 4) is 5.75 Å². The highest BCUT2D eigenvalue weighted by atomic mass is 79.9. The van der Waals surface area contributed by atoms with E-state index in [1.165, 1.54) is 30.5 Å². The molecular weight excluding hydrogens is 465 g/mol. The standard InChI is InChI=1S/C7H4BrF3O.C7H7BrO2S/c8-5-1-3-6(4-2-5)12-7(9,10)11;1-11(9,10)7-4-2-6(8)3-5-7/h1-4H;2-5H,1H3. The average molecular weight is 476 g/mol. The fraction of sp³-hybridized carbons (Fsp3) is 0.143. The second kappa shape index (κ2) is 8.16. The van der Waals surface area contributed by atoms with Crippen molar-refractivity contribution in [2.75, 3.05) is 6.26 Å². The zero-order valence-electron chi connectivity index (χ0n) is 11.6. The Morgan fingerprint density at radius 3 is 1.61 bits per heavy atom. The van der Waals surface area contributed by atoms with Gasteiger partial charge in [0.1, 0.15) is 5.75 Å². The van der Waals surface area contributed by atoms with Crippen LogP contribution in [0.1, 0.15) is 0 Å². The Morgan fingerprint density at radius 2 is 1.26 bits per heavy atom. The van der Waals surface area contributed by atoms with Crippen LogP contribution in [0, 0.1) is 0 Å². The van der Waals surface area contributed by atoms with Crippen molar-refractivity contribution >= 4 is 41.7 Å². The highest BCUT2D eigenvalue weighted by Crippen LogP contribution is 2.23. The summed E-state index contributed by atoms with van der Waals surface area (Å²) in [7, 11) is -3.04. The molecule has 0 aliphatic heterocycles. The van der Waals surface area contributed by atoms with E-state index in [1.807, 2.05) is 0 Å². The first kappa shape index (κ1) is 20.0. The van der Waals surface area contributed by atoms with E-state index in [-0.39, 0.29) is 5.75 Å². The molecule has 0 aliphatic carbocycles. The van der Waals surface area contributed by atoms with Crippen LogP contribution in [0.15, 0.2) is 62.4 Å². The van der Waals surface area contributed by atoms with Crippen LogP contribution in [0.25, 0.3) is 0 Å². The van der Waals surface area contributed by atoms with Crippen molar-refractivity contribution in [3.63, 3.8) is 0 Å². The van der Waals surface area contributed by atoms with Crippen molar-refractivity contribution in [2.45, 2.75) is 11.3 Å². The Morgan fingerprint density at radius 1 is 0.870 bits per heavy atom. The molecule has 0 bridgehead atoms. The highest BCUT2D eigenvalue weighted by Gasteiger charge is 2.30. The lowest BCUT2D eigenvalue weighted by molar-refractivity contribution is -0.274. The molecule has 0 amide bonds. The first-order chi connectivity index (χ1) is 10.5. The molecule has 0 saturated heterocycles. The molecule has 0 atom stereocenters. The molecule has 0 aliphatic rings. The van der Waals surface area contributed by atoms with Crippen LogP contribution in [0.2, 0.25) is 0 Å². The minimum absolute atomic E-state index is 0.217. The second-order valence-electron chi connectivity index (χ2n) is 4.23. The smallest absolute Gasteiger partial charge is 0.406 e. The van der Waals surface area contributed by atoms with Gasteiger partial charge in [-0.2, -0.15) is 0 Å². The van der Waals surface area contributed by atoms with Crippen molar-refractivity contribution in [1.82, 2.24) is 0 Å². The summed E-state index contributed by atoms with van der Waals surface area (Å²) in [6.45, 7) is 0. The van der Waals surface area contributed by atoms with Crippen LogP contribution < -0.4 is 4.74 Å². The quantitative estimate of drug-likeness (QED) is 0.599. The number of hydrogen-bond acceptors (Lipinski definition) is 3. The van der Waals surface area contributed by atoms with Gasteiger partial charge in [0.2, 0.25) is 0 Å². The molecule has 9 heteroatoms. The summed E-state index contributed by atoms with van der Waals surface area (Å²) in [5.74, 6) is -0.217. The number of ether oxygens (including phenoxy) is 1. The first-order valence-electron chi connectivity index (χ1n) is 5.94. The van der Waals surface area contributed by atoms with E-state index < -0.39 is 16.2 Å². The topological polar surface area (TPSA) is 43.4 Å². The van der Waals surface area contributed by atoms with Crippen LogP contribution >= 0.6 is 31.9 Å². The molecule has 0 spiro atoms. The normalized spacial score (nSPS) is 11.4. The van der Waals surface area contributed by atoms with E-state index in [1.54, 1.807) is 24.3 Å². The van der Waals surface area contributed by atoms with E-state index in [4.69, 9.17) is 0 Å². The second-order valence-corrected chi connectivity index (χ2v) is 8.07. The zero-order chi connectivity index (χ0) is 17.7. The highest BCUT2D eigenvalue weighted by molar-refractivity contribution is 9.10. The van der Waals surface area contributed by atoms with Gasteiger partial charge in [0.15, 0.2) is 9.84 Å². The van der Waals surface area contributed by atoms with Crippen LogP contribution in [-0.2, 0) is 9.84 Å². The predicted octanol–water partition coefficient (Wildman–Crippen LogP) is 5.20. The Labute approximate surface area is 148 Å². The third kappa shape index (κ3) is 8.38. The Kier molecular flexibility index (Phi) is 7.09. The lowest BCUT2D eigenvalue weighted by Crippen LogP contribution is -2.16. The monoisotopic (exact) mass is 474 g/mol. The number of hydrogen-bond donors (Lipinski definition) is 0. The summed E-state index contributed by atoms with van der Waals surface area (Å²) in [5, 5.41) is 0. The van der Waals surface area contributed by atoms with Crippen LogP contribution in [-0.4, -0.2) is 21.0 Å². The van der Waals surface area contributed by atoms with Gasteiger partial charge in [-0.15, -0.1) is 13.2 Å². The minimum Gasteiger partial charge on any atom is -0.406 e. The molecule has 0 N–H and O–H groups in total. The Bertz CT molecular complexity index is 727. The van der Waals surface area contributed by atoms with Gasteiger partial charge in [-0.05, 0) is 48.5 Å². The van der Waals surface area contributed by atoms with Crippen LogP contribution in [0.4, 0.5) is 13.2 Å². The number of benzene rings is 2. The van der Waals surface area contributed by atoms with Gasteiger partial charge < -0.3 is 4.74 Å². The summed E-state index contributed by atoms with van der Waals surface area (Å²) in [6, 6.07) is 12.0. The van der Waals surface area contributed by atoms with Crippen LogP contribution in [0.3, 0.4) is 0 Å². The van der Waals surface area contributed by atoms with E-state index in [9.17, 15) is 21.6 Å². The molecular formula is C14H11Br2F3O3S. The number of rotatable bonds is 2. The molecule has 0 unspecified atom stereocenters. The maximum Gasteiger partial charge on any atom is 0.573 e. The molecule has 126 valence electrons. The molecule has 0 aromatic heterocycles. The predicted molar refractivity (Wildman–Crippen MR) is 88.1 cm³/mol. The van der Waals surface area contributed by atoms with Gasteiger partial charge in [-0.3, -0.25) is 0 Å². The van der Waals surface area contributed by atoms with Gasteiger partial charge >= 0.3 is 6.36 Å². The van der Waals surface area contributed by atoms with Crippen LogP contribution in [0.5, 0.6) is 5.75 Å². The molecule has 2 rings (SSSR count). The molecule has 0 fully saturated rings. The summed E-state index contributed by atoms with van der Waals surface area (Å²) < 4.78 is 61.9. The molecule has 2 aromatic rings. The van der Waals surface area contributed by atoms with Crippen molar-refractivity contribution in [3.05, 3.63) is 57.5 Å². The summed E-state index contributed by atoms with van der Waals surface area (Å²) in [6.07, 6.45) is -3.43. The van der Waals surface area contributed by atoms with Crippen molar-refractivity contribution < 1.29 is 26.3 Å². The third-order valence-corrected chi connectivity index (χ3v) is 4.47. The fourth-order valence-electron chi connectivity index (χ4n) is 1.32. The lowest BCUT2D eigenvalue weighted by Gasteiger charge is -2.07. The zero-order valence-corrected chi connectivity index (χ0v) is 15.6. The summed E-state index contributed by atoms with van der Waals surface area (Å²) in [5.41, 5.74) is 0. The third-order valence-electron chi connectivity index (χ3n) is 2.29. The molecule has 3 nitrogen and oxygen atoms in total. The van der Waals surface area contributed by atoms with Gasteiger partial charge in [-0.1, -0.05) is 31.9 Å². The van der Waals surface area contributed by atoms with Gasteiger partial charge in [0.05, 0.1) is 4.90 Å². The van der Waals surface area contributed by atoms with E-state index in [0.29, 0.717) is 9.37 Å². The van der Waals surface area contributed by atoms with Crippen molar-refractivity contribution in [2.24, 2.45) is 0 Å². The largest absolute Gasteiger partial charge is 0.573 e. The van der Waals surface area contributed by atoms with Gasteiger partial charge in [0, 0.05) is 15.2 Å². The maximum absolute atomic E-state index is 11.6. The number of halogens is 5. The molecule has 0 radical (unpaired) electrons. The lowest BCUT2D eigenvalue weighted by atomic mass is 10.3. The summed E-state index contributed by atoms with van der Waals surface area (Å²) >= 11 is 6.31. The fourth-order valence-corrected chi connectivity index (χ4v) is 2.48. The molecule has 2 aromatic carbocycles. The minimum atomic E-state index is -4.62. The van der Waals surface area contributed by atoms with Crippen molar-refractivity contribution in [1.29, 1.82) is 0 Å². The maximum atomic E-state index is 11.6. The Balaban J connectivity index is 0.000000231. The number of sulfone groups is 1. The van der Waals surface area contributed by atoms with Gasteiger partial charge in [0.25, 0.3) is 0 Å².